The SMILES string of the molecule is C[C@@](Cc1ccc(C(=N)N)cc1)(C(=O)N1Cc2ccccc2CC1C(=O)O)c1ccccc1. The van der Waals surface area contributed by atoms with Crippen LogP contribution >= 0.6 is 0 Å². The summed E-state index contributed by atoms with van der Waals surface area (Å²) in [5.74, 6) is -1.23. The first-order chi connectivity index (χ1) is 15.8. The van der Waals surface area contributed by atoms with Crippen molar-refractivity contribution in [3.8, 4) is 0 Å². The van der Waals surface area contributed by atoms with Gasteiger partial charge >= 0.3 is 5.97 Å². The number of fused-ring (bicyclic) bond motifs is 1. The number of hydrogen-bond acceptors (Lipinski definition) is 3. The molecule has 0 saturated carbocycles. The van der Waals surface area contributed by atoms with Crippen molar-refractivity contribution in [2.75, 3.05) is 0 Å². The van der Waals surface area contributed by atoms with E-state index in [9.17, 15) is 14.7 Å². The number of carboxylic acid groups (broad SMARTS) is 1. The zero-order chi connectivity index (χ0) is 23.6. The summed E-state index contributed by atoms with van der Waals surface area (Å²) in [6, 6.07) is 23.5. The summed E-state index contributed by atoms with van der Waals surface area (Å²) < 4.78 is 0. The van der Waals surface area contributed by atoms with Crippen LogP contribution in [0.2, 0.25) is 0 Å². The van der Waals surface area contributed by atoms with Crippen LogP contribution < -0.4 is 5.73 Å². The first-order valence-corrected chi connectivity index (χ1v) is 10.9. The minimum atomic E-state index is -1.00. The van der Waals surface area contributed by atoms with Crippen molar-refractivity contribution >= 4 is 17.7 Å². The van der Waals surface area contributed by atoms with Gasteiger partial charge in [0, 0.05) is 18.5 Å². The number of nitrogen functional groups attached to an aromatic ring is 1. The summed E-state index contributed by atoms with van der Waals surface area (Å²) in [6.07, 6.45) is 0.675. The maximum atomic E-state index is 14.1. The summed E-state index contributed by atoms with van der Waals surface area (Å²) in [6.45, 7) is 2.14. The van der Waals surface area contributed by atoms with Crippen LogP contribution in [0.25, 0.3) is 0 Å². The number of nitrogens with zero attached hydrogens (tertiary/aromatic N) is 1. The molecule has 6 heteroatoms. The topological polar surface area (TPSA) is 107 Å². The monoisotopic (exact) mass is 441 g/mol. The fourth-order valence-corrected chi connectivity index (χ4v) is 4.59. The average Bonchev–Trinajstić information content (AvgIpc) is 2.83. The highest BCUT2D eigenvalue weighted by Gasteiger charge is 2.44. The van der Waals surface area contributed by atoms with Crippen LogP contribution in [0, 0.1) is 5.41 Å². The van der Waals surface area contributed by atoms with Crippen LogP contribution in [0.4, 0.5) is 0 Å². The molecule has 1 unspecified atom stereocenters. The van der Waals surface area contributed by atoms with E-state index >= 15 is 0 Å². The highest BCUT2D eigenvalue weighted by atomic mass is 16.4. The van der Waals surface area contributed by atoms with Gasteiger partial charge in [0.25, 0.3) is 0 Å². The lowest BCUT2D eigenvalue weighted by Crippen LogP contribution is -2.55. The second-order valence-corrected chi connectivity index (χ2v) is 8.75. The number of benzene rings is 3. The largest absolute Gasteiger partial charge is 0.480 e. The Morgan fingerprint density at radius 3 is 2.21 bits per heavy atom. The van der Waals surface area contributed by atoms with E-state index in [4.69, 9.17) is 11.1 Å². The smallest absolute Gasteiger partial charge is 0.326 e. The molecule has 168 valence electrons. The minimum Gasteiger partial charge on any atom is -0.480 e. The molecule has 4 N–H and O–H groups in total. The Hall–Kier alpha value is -3.93. The normalized spacial score (nSPS) is 17.0. The van der Waals surface area contributed by atoms with Crippen molar-refractivity contribution < 1.29 is 14.7 Å². The fourth-order valence-electron chi connectivity index (χ4n) is 4.59. The first-order valence-electron chi connectivity index (χ1n) is 10.9. The molecule has 1 aliphatic heterocycles. The van der Waals surface area contributed by atoms with E-state index in [1.807, 2.05) is 73.7 Å². The van der Waals surface area contributed by atoms with E-state index < -0.39 is 17.4 Å². The Kier molecular flexibility index (Phi) is 6.01. The van der Waals surface area contributed by atoms with Crippen molar-refractivity contribution in [2.45, 2.75) is 37.8 Å². The molecule has 0 aromatic heterocycles. The van der Waals surface area contributed by atoms with E-state index in [1.165, 1.54) is 4.90 Å². The molecular formula is C27H27N3O3. The minimum absolute atomic E-state index is 0.0141. The molecule has 1 heterocycles. The molecule has 3 aromatic carbocycles. The average molecular weight is 442 g/mol. The lowest BCUT2D eigenvalue weighted by molar-refractivity contribution is -0.154. The predicted molar refractivity (Wildman–Crippen MR) is 127 cm³/mol. The molecule has 0 saturated heterocycles. The highest BCUT2D eigenvalue weighted by Crippen LogP contribution is 2.34. The van der Waals surface area contributed by atoms with Crippen molar-refractivity contribution in [3.05, 3.63) is 107 Å². The van der Waals surface area contributed by atoms with E-state index in [1.54, 1.807) is 12.1 Å². The zero-order valence-corrected chi connectivity index (χ0v) is 18.5. The lowest BCUT2D eigenvalue weighted by Gasteiger charge is -2.41. The standard InChI is InChI=1S/C27H27N3O3/c1-27(22-9-3-2-4-10-22,16-18-11-13-19(14-12-18)24(28)29)26(33)30-17-21-8-6-5-7-20(21)15-23(30)25(31)32/h2-14,23H,15-17H2,1H3,(H3,28,29)(H,31,32)/t23?,27-/m0/s1. The van der Waals surface area contributed by atoms with Crippen LogP contribution in [-0.4, -0.2) is 33.8 Å². The molecular weight excluding hydrogens is 414 g/mol. The summed E-state index contributed by atoms with van der Waals surface area (Å²) in [5, 5.41) is 17.6. The van der Waals surface area contributed by atoms with Crippen LogP contribution in [0.15, 0.2) is 78.9 Å². The van der Waals surface area contributed by atoms with E-state index in [0.29, 0.717) is 12.0 Å². The summed E-state index contributed by atoms with van der Waals surface area (Å²) in [7, 11) is 0. The third-order valence-electron chi connectivity index (χ3n) is 6.50. The van der Waals surface area contributed by atoms with Gasteiger partial charge in [-0.15, -0.1) is 0 Å². The van der Waals surface area contributed by atoms with Crippen LogP contribution in [-0.2, 0) is 34.4 Å². The van der Waals surface area contributed by atoms with E-state index in [-0.39, 0.29) is 24.7 Å². The van der Waals surface area contributed by atoms with Gasteiger partial charge in [-0.1, -0.05) is 78.9 Å². The van der Waals surface area contributed by atoms with Crippen molar-refractivity contribution in [1.82, 2.24) is 4.90 Å². The molecule has 33 heavy (non-hydrogen) atoms. The van der Waals surface area contributed by atoms with Gasteiger partial charge in [0.1, 0.15) is 11.9 Å². The number of amides is 1. The number of hydrogen-bond donors (Lipinski definition) is 3. The fraction of sp³-hybridized carbons (Fsp3) is 0.222. The number of rotatable bonds is 6. The highest BCUT2D eigenvalue weighted by molar-refractivity contribution is 5.95. The number of amidine groups is 1. The van der Waals surface area contributed by atoms with Gasteiger partial charge in [0.2, 0.25) is 5.91 Å². The second-order valence-electron chi connectivity index (χ2n) is 8.75. The predicted octanol–water partition coefficient (Wildman–Crippen LogP) is 3.51. The number of nitrogens with two attached hydrogens (primary N) is 1. The van der Waals surface area contributed by atoms with Gasteiger partial charge < -0.3 is 15.7 Å². The number of nitrogens with one attached hydrogen (secondary N) is 1. The van der Waals surface area contributed by atoms with E-state index in [0.717, 1.165) is 22.3 Å². The summed E-state index contributed by atoms with van der Waals surface area (Å²) in [4.78, 5) is 27.8. The summed E-state index contributed by atoms with van der Waals surface area (Å²) >= 11 is 0. The van der Waals surface area contributed by atoms with E-state index in [2.05, 4.69) is 0 Å². The van der Waals surface area contributed by atoms with Gasteiger partial charge in [0.15, 0.2) is 0 Å². The molecule has 4 rings (SSSR count). The Morgan fingerprint density at radius 1 is 1.00 bits per heavy atom. The van der Waals surface area contributed by atoms with Crippen molar-refractivity contribution in [2.24, 2.45) is 5.73 Å². The zero-order valence-electron chi connectivity index (χ0n) is 18.5. The van der Waals surface area contributed by atoms with Crippen LogP contribution in [0.1, 0.15) is 34.7 Å². The Bertz CT molecular complexity index is 1190. The van der Waals surface area contributed by atoms with Crippen LogP contribution in [0.3, 0.4) is 0 Å². The number of aliphatic carboxylic acids is 1. The number of carbonyl (C=O) groups excluding carboxylic acids is 1. The quantitative estimate of drug-likeness (QED) is 0.402. The van der Waals surface area contributed by atoms with Gasteiger partial charge in [0.05, 0.1) is 5.41 Å². The van der Waals surface area contributed by atoms with Gasteiger partial charge in [-0.2, -0.15) is 0 Å². The molecule has 0 spiro atoms. The number of carboxylic acids is 1. The van der Waals surface area contributed by atoms with Gasteiger partial charge in [-0.05, 0) is 35.6 Å². The Labute approximate surface area is 193 Å². The third kappa shape index (κ3) is 4.37. The molecule has 0 aliphatic carbocycles. The Balaban J connectivity index is 1.74. The molecule has 6 nitrogen and oxygen atoms in total. The molecule has 0 bridgehead atoms. The number of carbonyl (C=O) groups is 2. The third-order valence-corrected chi connectivity index (χ3v) is 6.50. The van der Waals surface area contributed by atoms with Crippen molar-refractivity contribution in [1.29, 1.82) is 5.41 Å². The molecule has 1 aliphatic rings. The van der Waals surface area contributed by atoms with Gasteiger partial charge in [-0.3, -0.25) is 10.2 Å². The van der Waals surface area contributed by atoms with Crippen molar-refractivity contribution in [3.63, 3.8) is 0 Å². The van der Waals surface area contributed by atoms with Gasteiger partial charge in [-0.25, -0.2) is 4.79 Å². The van der Waals surface area contributed by atoms with Crippen LogP contribution in [0.5, 0.6) is 0 Å². The maximum absolute atomic E-state index is 14.1. The molecule has 3 aromatic rings. The summed E-state index contributed by atoms with van der Waals surface area (Å²) in [5.41, 5.74) is 8.90. The first kappa shape index (κ1) is 22.3. The lowest BCUT2D eigenvalue weighted by atomic mass is 9.75. The molecule has 2 atom stereocenters. The Morgan fingerprint density at radius 2 is 1.61 bits per heavy atom. The molecule has 0 radical (unpaired) electrons. The maximum Gasteiger partial charge on any atom is 0.326 e. The second kappa shape index (κ2) is 8.90. The molecule has 0 fully saturated rings. The molecule has 1 amide bonds.